The second-order valence-electron chi connectivity index (χ2n) is 5.65. The third-order valence-electron chi connectivity index (χ3n) is 3.90. The fourth-order valence-electron chi connectivity index (χ4n) is 2.78. The number of hydrogen-bond acceptors (Lipinski definition) is 4. The van der Waals surface area contributed by atoms with Crippen LogP contribution in [-0.4, -0.2) is 23.1 Å². The van der Waals surface area contributed by atoms with Crippen molar-refractivity contribution in [1.82, 2.24) is 15.3 Å². The molecule has 1 aliphatic heterocycles. The van der Waals surface area contributed by atoms with Gasteiger partial charge in [0.15, 0.2) is 0 Å². The zero-order valence-corrected chi connectivity index (χ0v) is 12.3. The van der Waals surface area contributed by atoms with Gasteiger partial charge in [-0.3, -0.25) is 4.98 Å². The van der Waals surface area contributed by atoms with E-state index in [1.165, 1.54) is 24.1 Å². The summed E-state index contributed by atoms with van der Waals surface area (Å²) in [7, 11) is 0. The smallest absolute Gasteiger partial charge is 0.126 e. The predicted molar refractivity (Wildman–Crippen MR) is 85.1 cm³/mol. The fourth-order valence-corrected chi connectivity index (χ4v) is 2.78. The van der Waals surface area contributed by atoms with E-state index in [0.717, 1.165) is 37.8 Å². The number of anilines is 1. The fraction of sp³-hybridized carbons (Fsp3) is 0.412. The molecule has 1 saturated heterocycles. The van der Waals surface area contributed by atoms with E-state index < -0.39 is 0 Å². The summed E-state index contributed by atoms with van der Waals surface area (Å²) in [4.78, 5) is 8.85. The normalized spacial score (nSPS) is 18.4. The standard InChI is InChI=1S/C17H22N4/c1-6-16(10-14-4-2-8-18-11-14)21-17(7-1)20-13-15-5-3-9-19-12-15/h1,3,5-7,9,12,14,18H,2,4,8,10-11,13H2,(H,20,21). The SMILES string of the molecule is c1cncc(CNc2cccc(CC3CCCNC3)n2)c1. The summed E-state index contributed by atoms with van der Waals surface area (Å²) >= 11 is 0. The van der Waals surface area contributed by atoms with Crippen LogP contribution in [0.2, 0.25) is 0 Å². The number of hydrogen-bond donors (Lipinski definition) is 2. The molecule has 0 aromatic carbocycles. The van der Waals surface area contributed by atoms with Crippen molar-refractivity contribution in [3.05, 3.63) is 54.0 Å². The highest BCUT2D eigenvalue weighted by Gasteiger charge is 2.14. The van der Waals surface area contributed by atoms with Gasteiger partial charge in [-0.2, -0.15) is 0 Å². The number of piperidine rings is 1. The minimum Gasteiger partial charge on any atom is -0.366 e. The predicted octanol–water partition coefficient (Wildman–Crippen LogP) is 2.63. The van der Waals surface area contributed by atoms with E-state index in [4.69, 9.17) is 4.98 Å². The number of aromatic nitrogens is 2. The Morgan fingerprint density at radius 2 is 2.24 bits per heavy atom. The number of nitrogens with zero attached hydrogens (tertiary/aromatic N) is 2. The van der Waals surface area contributed by atoms with Gasteiger partial charge < -0.3 is 10.6 Å². The molecule has 1 unspecified atom stereocenters. The van der Waals surface area contributed by atoms with Gasteiger partial charge in [-0.1, -0.05) is 12.1 Å². The Hall–Kier alpha value is -1.94. The Labute approximate surface area is 126 Å². The van der Waals surface area contributed by atoms with Gasteiger partial charge in [0.2, 0.25) is 0 Å². The van der Waals surface area contributed by atoms with Crippen molar-refractivity contribution in [2.24, 2.45) is 5.92 Å². The highest BCUT2D eigenvalue weighted by atomic mass is 15.0. The summed E-state index contributed by atoms with van der Waals surface area (Å²) in [6.07, 6.45) is 7.33. The lowest BCUT2D eigenvalue weighted by molar-refractivity contribution is 0.373. The van der Waals surface area contributed by atoms with Crippen molar-refractivity contribution in [2.75, 3.05) is 18.4 Å². The van der Waals surface area contributed by atoms with E-state index in [1.807, 2.05) is 18.3 Å². The van der Waals surface area contributed by atoms with Crippen LogP contribution >= 0.6 is 0 Å². The van der Waals surface area contributed by atoms with Crippen LogP contribution in [0.5, 0.6) is 0 Å². The van der Waals surface area contributed by atoms with Crippen LogP contribution in [0.4, 0.5) is 5.82 Å². The Balaban J connectivity index is 1.57. The lowest BCUT2D eigenvalue weighted by Crippen LogP contribution is -2.31. The van der Waals surface area contributed by atoms with Gasteiger partial charge in [0.25, 0.3) is 0 Å². The molecule has 0 spiro atoms. The van der Waals surface area contributed by atoms with Gasteiger partial charge in [-0.05, 0) is 62.0 Å². The molecule has 0 saturated carbocycles. The van der Waals surface area contributed by atoms with E-state index in [-0.39, 0.29) is 0 Å². The lowest BCUT2D eigenvalue weighted by Gasteiger charge is -2.22. The first-order valence-electron chi connectivity index (χ1n) is 7.69. The molecule has 0 bridgehead atoms. The van der Waals surface area contributed by atoms with E-state index in [1.54, 1.807) is 6.20 Å². The second-order valence-corrected chi connectivity index (χ2v) is 5.65. The summed E-state index contributed by atoms with van der Waals surface area (Å²) in [5.74, 6) is 1.67. The van der Waals surface area contributed by atoms with Crippen molar-refractivity contribution >= 4 is 5.82 Å². The molecule has 0 radical (unpaired) electrons. The molecular weight excluding hydrogens is 260 g/mol. The number of nitrogens with one attached hydrogen (secondary N) is 2. The molecule has 21 heavy (non-hydrogen) atoms. The second kappa shape index (κ2) is 7.18. The van der Waals surface area contributed by atoms with Crippen molar-refractivity contribution in [1.29, 1.82) is 0 Å². The Kier molecular flexibility index (Phi) is 4.79. The first-order chi connectivity index (χ1) is 10.4. The van der Waals surface area contributed by atoms with Crippen molar-refractivity contribution in [3.63, 3.8) is 0 Å². The lowest BCUT2D eigenvalue weighted by atomic mass is 9.94. The van der Waals surface area contributed by atoms with Gasteiger partial charge in [0.1, 0.15) is 5.82 Å². The largest absolute Gasteiger partial charge is 0.366 e. The zero-order chi connectivity index (χ0) is 14.3. The average Bonchev–Trinajstić information content (AvgIpc) is 2.55. The van der Waals surface area contributed by atoms with Crippen LogP contribution in [-0.2, 0) is 13.0 Å². The van der Waals surface area contributed by atoms with E-state index >= 15 is 0 Å². The monoisotopic (exact) mass is 282 g/mol. The van der Waals surface area contributed by atoms with Crippen LogP contribution in [0.25, 0.3) is 0 Å². The molecule has 0 amide bonds. The quantitative estimate of drug-likeness (QED) is 0.885. The Morgan fingerprint density at radius 1 is 1.24 bits per heavy atom. The summed E-state index contributed by atoms with van der Waals surface area (Å²) in [6.45, 7) is 3.04. The highest BCUT2D eigenvalue weighted by Crippen LogP contribution is 2.16. The topological polar surface area (TPSA) is 49.8 Å². The third kappa shape index (κ3) is 4.26. The summed E-state index contributed by atoms with van der Waals surface area (Å²) in [5.41, 5.74) is 2.35. The first kappa shape index (κ1) is 14.0. The van der Waals surface area contributed by atoms with E-state index in [0.29, 0.717) is 0 Å². The molecule has 4 nitrogen and oxygen atoms in total. The maximum Gasteiger partial charge on any atom is 0.126 e. The zero-order valence-electron chi connectivity index (χ0n) is 12.3. The molecule has 2 aromatic heterocycles. The van der Waals surface area contributed by atoms with Crippen molar-refractivity contribution in [2.45, 2.75) is 25.8 Å². The van der Waals surface area contributed by atoms with Crippen LogP contribution in [0.3, 0.4) is 0 Å². The van der Waals surface area contributed by atoms with Crippen LogP contribution in [0.1, 0.15) is 24.1 Å². The minimum absolute atomic E-state index is 0.722. The van der Waals surface area contributed by atoms with E-state index in [2.05, 4.69) is 33.8 Å². The highest BCUT2D eigenvalue weighted by molar-refractivity contribution is 5.36. The molecule has 110 valence electrons. The van der Waals surface area contributed by atoms with Gasteiger partial charge in [0, 0.05) is 24.6 Å². The molecule has 4 heteroatoms. The maximum absolute atomic E-state index is 4.72. The Bertz CT molecular complexity index is 550. The average molecular weight is 282 g/mol. The van der Waals surface area contributed by atoms with Crippen molar-refractivity contribution in [3.8, 4) is 0 Å². The molecule has 0 aliphatic carbocycles. The third-order valence-corrected chi connectivity index (χ3v) is 3.90. The summed E-state index contributed by atoms with van der Waals surface area (Å²) in [6, 6.07) is 10.3. The molecule has 2 N–H and O–H groups in total. The van der Waals surface area contributed by atoms with Crippen LogP contribution in [0.15, 0.2) is 42.7 Å². The minimum atomic E-state index is 0.722. The summed E-state index contributed by atoms with van der Waals surface area (Å²) < 4.78 is 0. The first-order valence-corrected chi connectivity index (χ1v) is 7.69. The van der Waals surface area contributed by atoms with Gasteiger partial charge in [0.05, 0.1) is 0 Å². The summed E-state index contributed by atoms with van der Waals surface area (Å²) in [5, 5.41) is 6.84. The molecule has 3 rings (SSSR count). The molecule has 1 atom stereocenters. The van der Waals surface area contributed by atoms with Gasteiger partial charge in [-0.15, -0.1) is 0 Å². The van der Waals surface area contributed by atoms with E-state index in [9.17, 15) is 0 Å². The van der Waals surface area contributed by atoms with Crippen LogP contribution in [0, 0.1) is 5.92 Å². The number of pyridine rings is 2. The maximum atomic E-state index is 4.72. The molecule has 2 aromatic rings. The molecule has 3 heterocycles. The molecular formula is C17H22N4. The molecule has 1 aliphatic rings. The van der Waals surface area contributed by atoms with Gasteiger partial charge in [-0.25, -0.2) is 4.98 Å². The van der Waals surface area contributed by atoms with Crippen molar-refractivity contribution < 1.29 is 0 Å². The molecule has 1 fully saturated rings. The Morgan fingerprint density at radius 3 is 3.05 bits per heavy atom. The number of rotatable bonds is 5. The van der Waals surface area contributed by atoms with Gasteiger partial charge >= 0.3 is 0 Å². The van der Waals surface area contributed by atoms with Crippen LogP contribution < -0.4 is 10.6 Å².